The largest absolute Gasteiger partial charge is 0.438 e. The van der Waals surface area contributed by atoms with Crippen LogP contribution in [0.3, 0.4) is 0 Å². The van der Waals surface area contributed by atoms with Crippen LogP contribution in [0.1, 0.15) is 22.5 Å². The zero-order valence-corrected chi connectivity index (χ0v) is 19.4. The summed E-state index contributed by atoms with van der Waals surface area (Å²) in [4.78, 5) is 4.23. The molecule has 0 aliphatic rings. The fourth-order valence-electron chi connectivity index (χ4n) is 3.16. The molecule has 2 aromatic heterocycles. The molecular formula is C23H20F3N5O3S. The minimum absolute atomic E-state index is 0.230. The molecule has 0 fully saturated rings. The van der Waals surface area contributed by atoms with Crippen LogP contribution in [0.4, 0.5) is 18.9 Å². The molecule has 4 aromatic rings. The molecule has 2 heterocycles. The summed E-state index contributed by atoms with van der Waals surface area (Å²) in [6, 6.07) is 13.5. The Morgan fingerprint density at radius 3 is 2.17 bits per heavy atom. The maximum Gasteiger partial charge on any atom is 0.416 e. The van der Waals surface area contributed by atoms with Crippen molar-refractivity contribution in [3.63, 3.8) is 0 Å². The van der Waals surface area contributed by atoms with Crippen LogP contribution < -0.4 is 9.46 Å². The predicted octanol–water partition coefficient (Wildman–Crippen LogP) is 5.03. The van der Waals surface area contributed by atoms with Crippen LogP contribution in [0, 0.1) is 13.8 Å². The Labute approximate surface area is 199 Å². The zero-order valence-electron chi connectivity index (χ0n) is 18.6. The molecule has 35 heavy (non-hydrogen) atoms. The van der Waals surface area contributed by atoms with E-state index in [-0.39, 0.29) is 17.1 Å². The number of rotatable bonds is 7. The number of benzene rings is 2. The van der Waals surface area contributed by atoms with Gasteiger partial charge in [-0.05, 0) is 61.9 Å². The first-order valence-corrected chi connectivity index (χ1v) is 11.9. The monoisotopic (exact) mass is 503 g/mol. The number of sulfonamides is 1. The molecule has 0 spiro atoms. The van der Waals surface area contributed by atoms with Gasteiger partial charge in [-0.3, -0.25) is 9.29 Å². The quantitative estimate of drug-likeness (QED) is 0.380. The number of imidazole rings is 1. The van der Waals surface area contributed by atoms with Crippen molar-refractivity contribution in [2.75, 3.05) is 4.72 Å². The van der Waals surface area contributed by atoms with Crippen molar-refractivity contribution in [2.45, 2.75) is 25.8 Å². The maximum absolute atomic E-state index is 12.7. The number of aryl methyl sites for hydroxylation is 1. The first kappa shape index (κ1) is 24.2. The highest BCUT2D eigenvalue weighted by atomic mass is 32.2. The molecule has 0 saturated carbocycles. The third-order valence-electron chi connectivity index (χ3n) is 5.11. The number of hydrogen-bond acceptors (Lipinski definition) is 6. The van der Waals surface area contributed by atoms with Gasteiger partial charge in [0.15, 0.2) is 5.82 Å². The molecule has 0 radical (unpaired) electrons. The number of aromatic nitrogens is 4. The predicted molar refractivity (Wildman–Crippen MR) is 123 cm³/mol. The lowest BCUT2D eigenvalue weighted by atomic mass is 10.1. The Balaban J connectivity index is 1.37. The Morgan fingerprint density at radius 2 is 1.63 bits per heavy atom. The molecule has 182 valence electrons. The number of halogens is 3. The SMILES string of the molecule is Cc1ncn(-c2ccc(Oc3ccc(NS(=O)(=O)Cc4ccc(C(F)(F)F)cc4)cc3)nn2)c1C. The minimum Gasteiger partial charge on any atom is -0.438 e. The van der Waals surface area contributed by atoms with Crippen LogP contribution in [-0.4, -0.2) is 28.2 Å². The second-order valence-electron chi connectivity index (χ2n) is 7.70. The van der Waals surface area contributed by atoms with Crippen molar-refractivity contribution < 1.29 is 26.3 Å². The van der Waals surface area contributed by atoms with E-state index in [0.29, 0.717) is 11.6 Å². The van der Waals surface area contributed by atoms with E-state index < -0.39 is 27.5 Å². The summed E-state index contributed by atoms with van der Waals surface area (Å²) in [5.41, 5.74) is 1.50. The standard InChI is InChI=1S/C23H20F3N5O3S/c1-15-16(2)31(14-27-15)21-11-12-22(29-28-21)34-20-9-7-19(8-10-20)30-35(32,33)13-17-3-5-18(6-4-17)23(24,25)26/h3-12,14,30H,13H2,1-2H3. The molecule has 12 heteroatoms. The number of nitrogens with one attached hydrogen (secondary N) is 1. The lowest BCUT2D eigenvalue weighted by Gasteiger charge is -2.11. The molecule has 8 nitrogen and oxygen atoms in total. The van der Waals surface area contributed by atoms with E-state index >= 15 is 0 Å². The van der Waals surface area contributed by atoms with Gasteiger partial charge >= 0.3 is 6.18 Å². The molecule has 0 atom stereocenters. The van der Waals surface area contributed by atoms with Crippen LogP contribution in [0.2, 0.25) is 0 Å². The highest BCUT2D eigenvalue weighted by molar-refractivity contribution is 7.91. The fourth-order valence-corrected chi connectivity index (χ4v) is 4.36. The molecule has 0 saturated heterocycles. The van der Waals surface area contributed by atoms with E-state index in [1.807, 2.05) is 13.8 Å². The average Bonchev–Trinajstić information content (AvgIpc) is 3.13. The van der Waals surface area contributed by atoms with Gasteiger partial charge in [-0.1, -0.05) is 12.1 Å². The van der Waals surface area contributed by atoms with Gasteiger partial charge < -0.3 is 4.74 Å². The molecular weight excluding hydrogens is 483 g/mol. The van der Waals surface area contributed by atoms with Gasteiger partial charge in [0.25, 0.3) is 0 Å². The minimum atomic E-state index is -4.48. The summed E-state index contributed by atoms with van der Waals surface area (Å²) in [5, 5.41) is 8.19. The third kappa shape index (κ3) is 5.96. The van der Waals surface area contributed by atoms with Gasteiger partial charge in [-0.15, -0.1) is 10.2 Å². The zero-order chi connectivity index (χ0) is 25.2. The van der Waals surface area contributed by atoms with E-state index in [9.17, 15) is 21.6 Å². The van der Waals surface area contributed by atoms with Crippen LogP contribution in [0.15, 0.2) is 67.0 Å². The third-order valence-corrected chi connectivity index (χ3v) is 6.37. The smallest absolute Gasteiger partial charge is 0.416 e. The number of alkyl halides is 3. The topological polar surface area (TPSA) is 99.0 Å². The molecule has 2 aromatic carbocycles. The molecule has 0 unspecified atom stereocenters. The second-order valence-corrected chi connectivity index (χ2v) is 9.42. The Kier molecular flexibility index (Phi) is 6.48. The normalized spacial score (nSPS) is 11.9. The van der Waals surface area contributed by atoms with Crippen LogP contribution in [0.25, 0.3) is 5.82 Å². The summed E-state index contributed by atoms with van der Waals surface area (Å²) >= 11 is 0. The van der Waals surface area contributed by atoms with Crippen molar-refractivity contribution in [1.82, 2.24) is 19.7 Å². The van der Waals surface area contributed by atoms with Crippen LogP contribution in [0.5, 0.6) is 11.6 Å². The highest BCUT2D eigenvalue weighted by Gasteiger charge is 2.30. The molecule has 4 rings (SSSR count). The number of nitrogens with zero attached hydrogens (tertiary/aromatic N) is 4. The van der Waals surface area contributed by atoms with Gasteiger partial charge in [-0.2, -0.15) is 13.2 Å². The van der Waals surface area contributed by atoms with E-state index in [0.717, 1.165) is 35.7 Å². The number of anilines is 1. The first-order chi connectivity index (χ1) is 16.5. The van der Waals surface area contributed by atoms with Crippen LogP contribution in [-0.2, 0) is 22.0 Å². The number of hydrogen-bond donors (Lipinski definition) is 1. The van der Waals surface area contributed by atoms with Crippen LogP contribution >= 0.6 is 0 Å². The van der Waals surface area contributed by atoms with E-state index in [2.05, 4.69) is 19.9 Å². The first-order valence-electron chi connectivity index (χ1n) is 10.3. The summed E-state index contributed by atoms with van der Waals surface area (Å²) in [6.07, 6.45) is -2.82. The van der Waals surface area contributed by atoms with E-state index in [1.165, 1.54) is 12.1 Å². The lowest BCUT2D eigenvalue weighted by molar-refractivity contribution is -0.137. The average molecular weight is 504 g/mol. The Morgan fingerprint density at radius 1 is 0.943 bits per heavy atom. The maximum atomic E-state index is 12.7. The Bertz CT molecular complexity index is 1420. The summed E-state index contributed by atoms with van der Waals surface area (Å²) in [7, 11) is -3.84. The highest BCUT2D eigenvalue weighted by Crippen LogP contribution is 2.29. The van der Waals surface area contributed by atoms with Crippen molar-refractivity contribution in [3.05, 3.63) is 89.5 Å². The van der Waals surface area contributed by atoms with Gasteiger partial charge in [0.05, 0.1) is 17.0 Å². The van der Waals surface area contributed by atoms with E-state index in [1.54, 1.807) is 35.2 Å². The van der Waals surface area contributed by atoms with Gasteiger partial charge in [0.1, 0.15) is 12.1 Å². The van der Waals surface area contributed by atoms with Gasteiger partial charge in [-0.25, -0.2) is 13.4 Å². The molecule has 0 aliphatic carbocycles. The summed E-state index contributed by atoms with van der Waals surface area (Å²) in [5.74, 6) is 0.779. The van der Waals surface area contributed by atoms with Gasteiger partial charge in [0.2, 0.25) is 15.9 Å². The Hall–Kier alpha value is -3.93. The molecule has 0 bridgehead atoms. The molecule has 0 aliphatic heterocycles. The summed E-state index contributed by atoms with van der Waals surface area (Å²) < 4.78 is 72.7. The van der Waals surface area contributed by atoms with Crippen molar-refractivity contribution in [1.29, 1.82) is 0 Å². The fraction of sp³-hybridized carbons (Fsp3) is 0.174. The molecule has 0 amide bonds. The van der Waals surface area contributed by atoms with E-state index in [4.69, 9.17) is 4.74 Å². The lowest BCUT2D eigenvalue weighted by Crippen LogP contribution is -2.15. The second kappa shape index (κ2) is 9.37. The van der Waals surface area contributed by atoms with Gasteiger partial charge in [0, 0.05) is 17.4 Å². The summed E-state index contributed by atoms with van der Waals surface area (Å²) in [6.45, 7) is 3.82. The van der Waals surface area contributed by atoms with Crippen molar-refractivity contribution in [3.8, 4) is 17.4 Å². The molecule has 1 N–H and O–H groups in total. The van der Waals surface area contributed by atoms with Crippen molar-refractivity contribution >= 4 is 15.7 Å². The number of ether oxygens (including phenoxy) is 1. The van der Waals surface area contributed by atoms with Crippen molar-refractivity contribution in [2.24, 2.45) is 0 Å².